The van der Waals surface area contributed by atoms with Gasteiger partial charge in [-0.3, -0.25) is 14.5 Å². The molecule has 2 amide bonds. The van der Waals surface area contributed by atoms with Gasteiger partial charge in [0, 0.05) is 33.9 Å². The van der Waals surface area contributed by atoms with Crippen molar-refractivity contribution in [2.24, 2.45) is 10.9 Å². The fourth-order valence-electron chi connectivity index (χ4n) is 3.75. The van der Waals surface area contributed by atoms with E-state index >= 15 is 0 Å². The van der Waals surface area contributed by atoms with Crippen LogP contribution in [0.3, 0.4) is 0 Å². The number of aliphatic carboxylic acids is 1. The van der Waals surface area contributed by atoms with Crippen LogP contribution < -0.4 is 26.5 Å². The average molecular weight is 562 g/mol. The topological polar surface area (TPSA) is 191 Å². The highest BCUT2D eigenvalue weighted by molar-refractivity contribution is 8.00. The lowest BCUT2D eigenvalue weighted by atomic mass is 10.0. The minimum absolute atomic E-state index is 0.0632. The number of nitrogens with zero attached hydrogens (tertiary/aromatic N) is 4. The van der Waals surface area contributed by atoms with Crippen LogP contribution in [0.4, 0.5) is 5.13 Å². The molecule has 0 saturated carbocycles. The molecule has 15 heteroatoms. The number of thioether (sulfide) groups is 2. The first-order valence-electron chi connectivity index (χ1n) is 11.0. The molecule has 6 N–H and O–H groups in total. The number of carboxylic acid groups (broad SMARTS) is 1. The lowest BCUT2D eigenvalue weighted by Gasteiger charge is -2.50. The van der Waals surface area contributed by atoms with Gasteiger partial charge < -0.3 is 31.9 Å². The summed E-state index contributed by atoms with van der Waals surface area (Å²) in [5.74, 6) is -2.01. The van der Waals surface area contributed by atoms with Gasteiger partial charge in [-0.25, -0.2) is 9.55 Å². The lowest BCUT2D eigenvalue weighted by molar-refractivity contribution is -0.694. The van der Waals surface area contributed by atoms with E-state index in [1.807, 2.05) is 35.2 Å². The molecule has 0 bridgehead atoms. The molecule has 1 fully saturated rings. The van der Waals surface area contributed by atoms with Crippen molar-refractivity contribution >= 4 is 63.5 Å². The van der Waals surface area contributed by atoms with Crippen LogP contribution in [0.15, 0.2) is 63.4 Å². The average Bonchev–Trinajstić information content (AvgIpc) is 3.31. The standard InChI is InChI=1S/C22H23N7O5S3/c23-5-8-28-6-3-13(4-7-28)35-9-1-2-12-10-36-20-16(19(31)29(20)17(12)21(32)33)26-18(30)15(27-34)14-11-37-22(24)25-14/h1-4,6-7,11,16,20H,5,8-10,23H2,(H4-,24,25,26,30,32,33,34)/b2-1+/t16-,20-/m1/s1. The summed E-state index contributed by atoms with van der Waals surface area (Å²) < 4.78 is 1.98. The summed E-state index contributed by atoms with van der Waals surface area (Å²) in [6.45, 7) is 1.29. The third kappa shape index (κ3) is 5.79. The van der Waals surface area contributed by atoms with Gasteiger partial charge in [-0.05, 0) is 5.57 Å². The van der Waals surface area contributed by atoms with Gasteiger partial charge in [0.25, 0.3) is 11.8 Å². The highest BCUT2D eigenvalue weighted by Gasteiger charge is 2.53. The van der Waals surface area contributed by atoms with Crippen molar-refractivity contribution < 1.29 is 29.3 Å². The zero-order valence-corrected chi connectivity index (χ0v) is 21.7. The first kappa shape index (κ1) is 26.7. The van der Waals surface area contributed by atoms with Crippen molar-refractivity contribution in [1.29, 1.82) is 0 Å². The minimum Gasteiger partial charge on any atom is -0.543 e. The number of nitrogen functional groups attached to an aromatic ring is 1. The number of nitrogens with two attached hydrogens (primary N) is 2. The van der Waals surface area contributed by atoms with Crippen LogP contribution in [0.1, 0.15) is 5.69 Å². The maximum atomic E-state index is 12.8. The van der Waals surface area contributed by atoms with Crippen LogP contribution in [0, 0.1) is 0 Å². The molecule has 2 atom stereocenters. The first-order valence-corrected chi connectivity index (χ1v) is 13.9. The molecule has 2 aromatic rings. The summed E-state index contributed by atoms with van der Waals surface area (Å²) in [5.41, 5.74) is 11.0. The number of carboxylic acids is 1. The van der Waals surface area contributed by atoms with Gasteiger partial charge in [-0.15, -0.1) is 34.9 Å². The molecular formula is C22H23N7O5S3. The highest BCUT2D eigenvalue weighted by atomic mass is 32.2. The summed E-state index contributed by atoms with van der Waals surface area (Å²) in [5, 5.41) is 27.6. The Morgan fingerprint density at radius 1 is 1.41 bits per heavy atom. The molecule has 0 aliphatic carbocycles. The zero-order valence-electron chi connectivity index (χ0n) is 19.3. The van der Waals surface area contributed by atoms with Crippen molar-refractivity contribution in [3.8, 4) is 0 Å². The fraction of sp³-hybridized carbons (Fsp3) is 0.273. The van der Waals surface area contributed by atoms with E-state index in [1.54, 1.807) is 17.8 Å². The van der Waals surface area contributed by atoms with Gasteiger partial charge in [0.2, 0.25) is 0 Å². The van der Waals surface area contributed by atoms with Crippen molar-refractivity contribution in [1.82, 2.24) is 15.2 Å². The quantitative estimate of drug-likeness (QED) is 0.0692. The SMILES string of the molecule is NCC[n+]1ccc(SC/C=C/C2=C(C(=O)[O-])N3C(=O)[C@@H](NC(=O)/C(=N\O)c4csc(N)n4)[C@H]3SC2)cc1. The summed E-state index contributed by atoms with van der Waals surface area (Å²) in [7, 11) is 0. The van der Waals surface area contributed by atoms with E-state index in [0.717, 1.165) is 27.7 Å². The molecular weight excluding hydrogens is 538 g/mol. The Bertz CT molecular complexity index is 1290. The number of hydrogen-bond acceptors (Lipinski definition) is 12. The fourth-order valence-corrected chi connectivity index (χ4v) is 6.32. The molecule has 4 heterocycles. The van der Waals surface area contributed by atoms with Crippen LogP contribution in [0.25, 0.3) is 0 Å². The summed E-state index contributed by atoms with van der Waals surface area (Å²) in [6.07, 6.45) is 7.40. The van der Waals surface area contributed by atoms with Crippen LogP contribution in [-0.4, -0.2) is 68.1 Å². The van der Waals surface area contributed by atoms with E-state index < -0.39 is 34.9 Å². The zero-order chi connectivity index (χ0) is 26.5. The maximum Gasteiger partial charge on any atom is 0.276 e. The molecule has 0 spiro atoms. The van der Waals surface area contributed by atoms with Gasteiger partial charge in [0.1, 0.15) is 17.1 Å². The number of amides is 2. The molecule has 1 saturated heterocycles. The third-order valence-electron chi connectivity index (χ3n) is 5.47. The number of thiazole rings is 1. The summed E-state index contributed by atoms with van der Waals surface area (Å²) in [6, 6.07) is 2.95. The number of anilines is 1. The van der Waals surface area contributed by atoms with Crippen LogP contribution >= 0.6 is 34.9 Å². The number of fused-ring (bicyclic) bond motifs is 1. The molecule has 2 aromatic heterocycles. The Kier molecular flexibility index (Phi) is 8.48. The molecule has 4 rings (SSSR count). The number of carbonyl (C=O) groups excluding carboxylic acids is 3. The number of allylic oxidation sites excluding steroid dienone is 1. The van der Waals surface area contributed by atoms with Crippen molar-refractivity contribution in [3.05, 3.63) is 59.0 Å². The van der Waals surface area contributed by atoms with E-state index in [2.05, 4.69) is 15.5 Å². The van der Waals surface area contributed by atoms with Gasteiger partial charge in [-0.1, -0.05) is 17.3 Å². The normalized spacial score (nSPS) is 19.6. The molecule has 12 nitrogen and oxygen atoms in total. The van der Waals surface area contributed by atoms with Crippen LogP contribution in [0.5, 0.6) is 0 Å². The first-order chi connectivity index (χ1) is 17.8. The summed E-state index contributed by atoms with van der Waals surface area (Å²) in [4.78, 5) is 43.4. The largest absolute Gasteiger partial charge is 0.543 e. The Morgan fingerprint density at radius 2 is 2.16 bits per heavy atom. The number of rotatable bonds is 10. The van der Waals surface area contributed by atoms with Gasteiger partial charge >= 0.3 is 0 Å². The minimum atomic E-state index is -1.47. The van der Waals surface area contributed by atoms with Gasteiger partial charge in [-0.2, -0.15) is 0 Å². The number of nitrogens with one attached hydrogen (secondary N) is 1. The Morgan fingerprint density at radius 3 is 2.78 bits per heavy atom. The molecule has 194 valence electrons. The van der Waals surface area contributed by atoms with Crippen LogP contribution in [-0.2, 0) is 20.9 Å². The lowest BCUT2D eigenvalue weighted by Crippen LogP contribution is -2.71. The predicted molar refractivity (Wildman–Crippen MR) is 137 cm³/mol. The second kappa shape index (κ2) is 11.8. The monoisotopic (exact) mass is 561 g/mol. The highest BCUT2D eigenvalue weighted by Crippen LogP contribution is 2.40. The second-order valence-electron chi connectivity index (χ2n) is 7.82. The predicted octanol–water partition coefficient (Wildman–Crippen LogP) is -1.10. The number of carbonyl (C=O) groups is 3. The van der Waals surface area contributed by atoms with E-state index in [9.17, 15) is 24.7 Å². The summed E-state index contributed by atoms with van der Waals surface area (Å²) >= 11 is 3.95. The number of β-lactam (4-membered cyclic amide) rings is 1. The number of aromatic nitrogens is 2. The van der Waals surface area contributed by atoms with E-state index in [1.165, 1.54) is 17.1 Å². The van der Waals surface area contributed by atoms with Gasteiger partial charge in [0.05, 0.1) is 18.2 Å². The molecule has 0 radical (unpaired) electrons. The number of hydrogen-bond donors (Lipinski definition) is 4. The van der Waals surface area contributed by atoms with Gasteiger partial charge in [0.15, 0.2) is 29.8 Å². The molecule has 2 aliphatic rings. The Hall–Kier alpha value is -3.40. The van der Waals surface area contributed by atoms with Crippen molar-refractivity contribution in [2.75, 3.05) is 23.8 Å². The molecule has 2 aliphatic heterocycles. The molecule has 0 unspecified atom stereocenters. The van der Waals surface area contributed by atoms with E-state index in [4.69, 9.17) is 11.5 Å². The van der Waals surface area contributed by atoms with E-state index in [-0.39, 0.29) is 16.5 Å². The van der Waals surface area contributed by atoms with E-state index in [0.29, 0.717) is 23.6 Å². The third-order valence-corrected chi connectivity index (χ3v) is 8.41. The number of pyridine rings is 1. The molecule has 0 aromatic carbocycles. The Balaban J connectivity index is 1.40. The van der Waals surface area contributed by atoms with Crippen molar-refractivity contribution in [2.45, 2.75) is 22.9 Å². The number of oxime groups is 1. The van der Waals surface area contributed by atoms with Crippen LogP contribution in [0.2, 0.25) is 0 Å². The second-order valence-corrected chi connectivity index (χ2v) is 10.9. The molecule has 37 heavy (non-hydrogen) atoms. The maximum absolute atomic E-state index is 12.8. The van der Waals surface area contributed by atoms with Crippen molar-refractivity contribution in [3.63, 3.8) is 0 Å². The smallest absolute Gasteiger partial charge is 0.276 e. The Labute approximate surface area is 224 Å².